The largest absolute Gasteiger partial charge is 0.460 e. The zero-order valence-electron chi connectivity index (χ0n) is 9.79. The molecule has 0 saturated carbocycles. The van der Waals surface area contributed by atoms with Gasteiger partial charge in [-0.2, -0.15) is 0 Å². The first-order valence-electron chi connectivity index (χ1n) is 5.33. The van der Waals surface area contributed by atoms with Crippen LogP contribution in [0.25, 0.3) is 0 Å². The summed E-state index contributed by atoms with van der Waals surface area (Å²) in [6.07, 6.45) is 0.789. The van der Waals surface area contributed by atoms with Crippen LogP contribution in [-0.4, -0.2) is 29.5 Å². The molecule has 0 aliphatic carbocycles. The summed E-state index contributed by atoms with van der Waals surface area (Å²) < 4.78 is 10.2. The quantitative estimate of drug-likeness (QED) is 0.425. The fourth-order valence-electron chi connectivity index (χ4n) is 1.47. The predicted octanol–water partition coefficient (Wildman–Crippen LogP) is 1.89. The third kappa shape index (κ3) is 3.67. The molecule has 1 fully saturated rings. The van der Waals surface area contributed by atoms with Crippen molar-refractivity contribution in [1.29, 1.82) is 0 Å². The Balaban J connectivity index is 2.56. The third-order valence-corrected chi connectivity index (χ3v) is 2.55. The minimum absolute atomic E-state index is 0.271. The Morgan fingerprint density at radius 3 is 2.56 bits per heavy atom. The molecule has 0 amide bonds. The molecule has 0 radical (unpaired) electrons. The minimum atomic E-state index is -0.793. The molecular weight excluding hydrogens is 232 g/mol. The van der Waals surface area contributed by atoms with E-state index in [1.165, 1.54) is 0 Å². The van der Waals surface area contributed by atoms with Crippen molar-refractivity contribution in [2.24, 2.45) is 5.92 Å². The molecule has 0 aromatic heterocycles. The fraction of sp³-hybridized carbons (Fsp3) is 0.818. The second-order valence-corrected chi connectivity index (χ2v) is 5.19. The van der Waals surface area contributed by atoms with Crippen LogP contribution in [0.4, 0.5) is 0 Å². The van der Waals surface area contributed by atoms with Gasteiger partial charge in [0.2, 0.25) is 0 Å². The Bertz CT molecular complexity index is 282. The Kier molecular flexibility index (Phi) is 4.19. The first-order chi connectivity index (χ1) is 7.33. The van der Waals surface area contributed by atoms with Crippen LogP contribution < -0.4 is 0 Å². The van der Waals surface area contributed by atoms with E-state index in [2.05, 4.69) is 0 Å². The monoisotopic (exact) mass is 248 g/mol. The van der Waals surface area contributed by atoms with Crippen molar-refractivity contribution in [3.63, 3.8) is 0 Å². The van der Waals surface area contributed by atoms with Crippen molar-refractivity contribution in [2.75, 3.05) is 5.88 Å². The first-order valence-corrected chi connectivity index (χ1v) is 5.86. The van der Waals surface area contributed by atoms with Crippen LogP contribution >= 0.6 is 11.6 Å². The van der Waals surface area contributed by atoms with E-state index in [0.717, 1.165) is 0 Å². The molecule has 0 unspecified atom stereocenters. The summed E-state index contributed by atoms with van der Waals surface area (Å²) in [5.74, 6) is -1.55. The SMILES string of the molecule is CC(C)(C)OC(=O)[C@H]1CC[C@@H](CCl)OC1=O. The lowest BCUT2D eigenvalue weighted by Crippen LogP contribution is -2.39. The number of hydrogen-bond acceptors (Lipinski definition) is 4. The summed E-state index contributed by atoms with van der Waals surface area (Å²) in [5.41, 5.74) is -0.583. The number of carbonyl (C=O) groups excluding carboxylic acids is 2. The fourth-order valence-corrected chi connectivity index (χ4v) is 1.69. The first kappa shape index (κ1) is 13.3. The highest BCUT2D eigenvalue weighted by Gasteiger charge is 2.37. The Morgan fingerprint density at radius 1 is 1.50 bits per heavy atom. The molecule has 0 aromatic carbocycles. The van der Waals surface area contributed by atoms with Crippen molar-refractivity contribution in [3.8, 4) is 0 Å². The van der Waals surface area contributed by atoms with Crippen molar-refractivity contribution >= 4 is 23.5 Å². The maximum Gasteiger partial charge on any atom is 0.320 e. The normalized spacial score (nSPS) is 26.1. The maximum absolute atomic E-state index is 11.7. The van der Waals surface area contributed by atoms with E-state index in [-0.39, 0.29) is 12.0 Å². The summed E-state index contributed by atoms with van der Waals surface area (Å²) in [6.45, 7) is 5.29. The van der Waals surface area contributed by atoms with Gasteiger partial charge in [-0.25, -0.2) is 0 Å². The highest BCUT2D eigenvalue weighted by atomic mass is 35.5. The van der Waals surface area contributed by atoms with Gasteiger partial charge in [-0.1, -0.05) is 0 Å². The second-order valence-electron chi connectivity index (χ2n) is 4.88. The third-order valence-electron chi connectivity index (χ3n) is 2.21. The molecule has 0 bridgehead atoms. The molecule has 5 heteroatoms. The van der Waals surface area contributed by atoms with Crippen molar-refractivity contribution in [2.45, 2.75) is 45.3 Å². The molecule has 2 atom stereocenters. The van der Waals surface area contributed by atoms with Crippen LogP contribution in [0.1, 0.15) is 33.6 Å². The topological polar surface area (TPSA) is 52.6 Å². The zero-order valence-corrected chi connectivity index (χ0v) is 10.5. The van der Waals surface area contributed by atoms with E-state index in [9.17, 15) is 9.59 Å². The predicted molar refractivity (Wildman–Crippen MR) is 59.2 cm³/mol. The average Bonchev–Trinajstić information content (AvgIpc) is 2.14. The van der Waals surface area contributed by atoms with Crippen LogP contribution in [0.3, 0.4) is 0 Å². The lowest BCUT2D eigenvalue weighted by Gasteiger charge is -2.28. The molecule has 0 spiro atoms. The molecule has 92 valence electrons. The molecule has 1 aliphatic rings. The van der Waals surface area contributed by atoms with Gasteiger partial charge in [0.1, 0.15) is 11.7 Å². The van der Waals surface area contributed by atoms with Crippen molar-refractivity contribution in [1.82, 2.24) is 0 Å². The Labute approximate surface area is 100 Å². The molecule has 1 heterocycles. The number of carbonyl (C=O) groups is 2. The van der Waals surface area contributed by atoms with Gasteiger partial charge in [-0.3, -0.25) is 9.59 Å². The van der Waals surface area contributed by atoms with Crippen molar-refractivity contribution < 1.29 is 19.1 Å². The van der Waals surface area contributed by atoms with E-state index in [1.807, 2.05) is 0 Å². The van der Waals surface area contributed by atoms with Gasteiger partial charge in [0.25, 0.3) is 0 Å². The Morgan fingerprint density at radius 2 is 2.12 bits per heavy atom. The van der Waals surface area contributed by atoms with Gasteiger partial charge in [-0.15, -0.1) is 11.6 Å². The maximum atomic E-state index is 11.7. The lowest BCUT2D eigenvalue weighted by atomic mass is 9.98. The summed E-state index contributed by atoms with van der Waals surface area (Å²) in [5, 5.41) is 0. The van der Waals surface area contributed by atoms with Crippen LogP contribution in [0, 0.1) is 5.92 Å². The van der Waals surface area contributed by atoms with Crippen LogP contribution in [0.5, 0.6) is 0 Å². The molecule has 0 aromatic rings. The highest BCUT2D eigenvalue weighted by Crippen LogP contribution is 2.24. The molecule has 1 saturated heterocycles. The molecule has 0 N–H and O–H groups in total. The molecule has 4 nitrogen and oxygen atoms in total. The van der Waals surface area contributed by atoms with Crippen LogP contribution in [0.15, 0.2) is 0 Å². The van der Waals surface area contributed by atoms with E-state index < -0.39 is 23.5 Å². The van der Waals surface area contributed by atoms with Gasteiger partial charge in [-0.05, 0) is 33.6 Å². The second kappa shape index (κ2) is 5.04. The van der Waals surface area contributed by atoms with Crippen LogP contribution in [0.2, 0.25) is 0 Å². The van der Waals surface area contributed by atoms with Crippen LogP contribution in [-0.2, 0) is 19.1 Å². The number of cyclic esters (lactones) is 1. The standard InChI is InChI=1S/C11H17ClO4/c1-11(2,3)16-10(14)8-5-4-7(6-12)15-9(8)13/h7-8H,4-6H2,1-3H3/t7-,8-/m0/s1. The summed E-state index contributed by atoms with van der Waals surface area (Å²) in [6, 6.07) is 0. The molecule has 16 heavy (non-hydrogen) atoms. The highest BCUT2D eigenvalue weighted by molar-refractivity contribution is 6.18. The number of halogens is 1. The Hall–Kier alpha value is -0.770. The van der Waals surface area contributed by atoms with E-state index >= 15 is 0 Å². The molecular formula is C11H17ClO4. The van der Waals surface area contributed by atoms with Gasteiger partial charge >= 0.3 is 11.9 Å². The number of alkyl halides is 1. The van der Waals surface area contributed by atoms with E-state index in [4.69, 9.17) is 21.1 Å². The van der Waals surface area contributed by atoms with Gasteiger partial charge in [0.05, 0.1) is 5.88 Å². The van der Waals surface area contributed by atoms with Gasteiger partial charge < -0.3 is 9.47 Å². The number of esters is 2. The van der Waals surface area contributed by atoms with Crippen molar-refractivity contribution in [3.05, 3.63) is 0 Å². The number of hydrogen-bond donors (Lipinski definition) is 0. The minimum Gasteiger partial charge on any atom is -0.460 e. The number of rotatable bonds is 2. The smallest absolute Gasteiger partial charge is 0.320 e. The van der Waals surface area contributed by atoms with E-state index in [1.54, 1.807) is 20.8 Å². The lowest BCUT2D eigenvalue weighted by molar-refractivity contribution is -0.175. The van der Waals surface area contributed by atoms with Gasteiger partial charge in [0.15, 0.2) is 5.92 Å². The molecule has 1 aliphatic heterocycles. The zero-order chi connectivity index (χ0) is 12.3. The summed E-state index contributed by atoms with van der Waals surface area (Å²) >= 11 is 5.59. The molecule has 1 rings (SSSR count). The number of ether oxygens (including phenoxy) is 2. The average molecular weight is 249 g/mol. The summed E-state index contributed by atoms with van der Waals surface area (Å²) in [7, 11) is 0. The van der Waals surface area contributed by atoms with Gasteiger partial charge in [0, 0.05) is 0 Å². The summed E-state index contributed by atoms with van der Waals surface area (Å²) in [4.78, 5) is 23.2. The van der Waals surface area contributed by atoms with E-state index in [0.29, 0.717) is 12.8 Å².